The summed E-state index contributed by atoms with van der Waals surface area (Å²) in [5.74, 6) is 0.611. The second kappa shape index (κ2) is 5.53. The molecule has 0 radical (unpaired) electrons. The Morgan fingerprint density at radius 1 is 1.05 bits per heavy atom. The normalized spacial score (nSPS) is 11.1. The van der Waals surface area contributed by atoms with Crippen molar-refractivity contribution < 1.29 is 4.74 Å². The van der Waals surface area contributed by atoms with Crippen LogP contribution in [0.1, 0.15) is 11.1 Å². The number of fused-ring (bicyclic) bond motifs is 1. The molecule has 2 aromatic carbocycles. The van der Waals surface area contributed by atoms with Crippen molar-refractivity contribution >= 4 is 44.6 Å². The van der Waals surface area contributed by atoms with Crippen molar-refractivity contribution in [2.45, 2.75) is 13.8 Å². The Labute approximate surface area is 138 Å². The standard InChI is InChI=1S/C17H14Cl2OS/c1-9-5-4-6-12(10(9)2)14-8-11-7-13(20-3)15(18)16(19)17(11)21-14/h4-8H,1-3H3. The first-order valence-electron chi connectivity index (χ1n) is 6.55. The van der Waals surface area contributed by atoms with Gasteiger partial charge >= 0.3 is 0 Å². The predicted molar refractivity (Wildman–Crippen MR) is 93.3 cm³/mol. The SMILES string of the molecule is COc1cc2cc(-c3cccc(C)c3C)sc2c(Cl)c1Cl. The second-order valence-corrected chi connectivity index (χ2v) is 6.79. The van der Waals surface area contributed by atoms with E-state index < -0.39 is 0 Å². The summed E-state index contributed by atoms with van der Waals surface area (Å²) in [6, 6.07) is 10.4. The van der Waals surface area contributed by atoms with Crippen LogP contribution in [0.3, 0.4) is 0 Å². The van der Waals surface area contributed by atoms with Gasteiger partial charge in [0, 0.05) is 4.88 Å². The van der Waals surface area contributed by atoms with Crippen LogP contribution in [0.4, 0.5) is 0 Å². The quantitative estimate of drug-likeness (QED) is 0.518. The second-order valence-electron chi connectivity index (χ2n) is 4.98. The zero-order chi connectivity index (χ0) is 15.1. The molecule has 0 aliphatic rings. The zero-order valence-corrected chi connectivity index (χ0v) is 14.3. The average molecular weight is 337 g/mol. The fraction of sp³-hybridized carbons (Fsp3) is 0.176. The van der Waals surface area contributed by atoms with Crippen molar-refractivity contribution in [2.24, 2.45) is 0 Å². The van der Waals surface area contributed by atoms with Crippen molar-refractivity contribution in [1.29, 1.82) is 0 Å². The van der Waals surface area contributed by atoms with Gasteiger partial charge in [0.25, 0.3) is 0 Å². The minimum absolute atomic E-state index is 0.473. The Balaban J connectivity index is 2.27. The van der Waals surface area contributed by atoms with E-state index in [0.717, 1.165) is 10.1 Å². The molecule has 4 heteroatoms. The van der Waals surface area contributed by atoms with Crippen LogP contribution in [0.15, 0.2) is 30.3 Å². The van der Waals surface area contributed by atoms with E-state index in [1.165, 1.54) is 21.6 Å². The Bertz CT molecular complexity index is 836. The molecule has 0 saturated carbocycles. The topological polar surface area (TPSA) is 9.23 Å². The van der Waals surface area contributed by atoms with Gasteiger partial charge < -0.3 is 4.74 Å². The number of hydrogen-bond acceptors (Lipinski definition) is 2. The molecule has 0 bridgehead atoms. The summed E-state index contributed by atoms with van der Waals surface area (Å²) in [6.07, 6.45) is 0. The molecule has 0 saturated heterocycles. The fourth-order valence-electron chi connectivity index (χ4n) is 2.40. The van der Waals surface area contributed by atoms with Gasteiger partial charge in [0.1, 0.15) is 10.8 Å². The maximum absolute atomic E-state index is 6.38. The molecule has 1 aromatic heterocycles. The summed E-state index contributed by atoms with van der Waals surface area (Å²) in [7, 11) is 1.60. The van der Waals surface area contributed by atoms with Gasteiger partial charge in [-0.15, -0.1) is 11.3 Å². The summed E-state index contributed by atoms with van der Waals surface area (Å²) in [6.45, 7) is 4.27. The van der Waals surface area contributed by atoms with Crippen molar-refractivity contribution in [2.75, 3.05) is 7.11 Å². The highest BCUT2D eigenvalue weighted by atomic mass is 35.5. The van der Waals surface area contributed by atoms with Gasteiger partial charge in [0.05, 0.1) is 16.8 Å². The van der Waals surface area contributed by atoms with Crippen LogP contribution in [0.2, 0.25) is 10.0 Å². The van der Waals surface area contributed by atoms with Crippen LogP contribution in [-0.4, -0.2) is 7.11 Å². The number of rotatable bonds is 2. The molecule has 1 heterocycles. The van der Waals surface area contributed by atoms with Crippen LogP contribution in [0.5, 0.6) is 5.75 Å². The highest BCUT2D eigenvalue weighted by Crippen LogP contribution is 2.45. The van der Waals surface area contributed by atoms with Gasteiger partial charge in [0.2, 0.25) is 0 Å². The van der Waals surface area contributed by atoms with E-state index in [0.29, 0.717) is 15.8 Å². The zero-order valence-electron chi connectivity index (χ0n) is 12.0. The first-order valence-corrected chi connectivity index (χ1v) is 8.12. The van der Waals surface area contributed by atoms with E-state index in [4.69, 9.17) is 27.9 Å². The Morgan fingerprint density at radius 2 is 1.81 bits per heavy atom. The third-order valence-electron chi connectivity index (χ3n) is 3.75. The van der Waals surface area contributed by atoms with Crippen molar-refractivity contribution in [1.82, 2.24) is 0 Å². The highest BCUT2D eigenvalue weighted by Gasteiger charge is 2.15. The molecule has 0 spiro atoms. The van der Waals surface area contributed by atoms with Gasteiger partial charge in [-0.05, 0) is 48.1 Å². The monoisotopic (exact) mass is 336 g/mol. The number of hydrogen-bond donors (Lipinski definition) is 0. The van der Waals surface area contributed by atoms with Crippen LogP contribution in [0.25, 0.3) is 20.5 Å². The first kappa shape index (κ1) is 14.7. The van der Waals surface area contributed by atoms with Gasteiger partial charge in [-0.1, -0.05) is 41.4 Å². The maximum Gasteiger partial charge on any atom is 0.139 e. The van der Waals surface area contributed by atoms with Crippen LogP contribution in [0, 0.1) is 13.8 Å². The minimum atomic E-state index is 0.473. The number of ether oxygens (including phenoxy) is 1. The van der Waals surface area contributed by atoms with E-state index in [9.17, 15) is 0 Å². The Hall–Kier alpha value is -1.22. The highest BCUT2D eigenvalue weighted by molar-refractivity contribution is 7.23. The van der Waals surface area contributed by atoms with Crippen molar-refractivity contribution in [3.05, 3.63) is 51.5 Å². The third-order valence-corrected chi connectivity index (χ3v) is 5.91. The molecular weight excluding hydrogens is 323 g/mol. The molecule has 21 heavy (non-hydrogen) atoms. The lowest BCUT2D eigenvalue weighted by molar-refractivity contribution is 0.415. The van der Waals surface area contributed by atoms with Gasteiger partial charge in [-0.2, -0.15) is 0 Å². The fourth-order valence-corrected chi connectivity index (χ4v) is 4.16. The molecule has 3 rings (SSSR count). The number of thiophene rings is 1. The molecule has 0 fully saturated rings. The summed E-state index contributed by atoms with van der Waals surface area (Å²) < 4.78 is 6.28. The number of halogens is 2. The molecule has 0 aliphatic carbocycles. The summed E-state index contributed by atoms with van der Waals surface area (Å²) in [4.78, 5) is 1.19. The van der Waals surface area contributed by atoms with E-state index >= 15 is 0 Å². The summed E-state index contributed by atoms with van der Waals surface area (Å²) >= 11 is 14.3. The van der Waals surface area contributed by atoms with Crippen molar-refractivity contribution in [3.63, 3.8) is 0 Å². The minimum Gasteiger partial charge on any atom is -0.495 e. The third kappa shape index (κ3) is 2.42. The lowest BCUT2D eigenvalue weighted by Gasteiger charge is -2.05. The number of benzene rings is 2. The van der Waals surface area contributed by atoms with Gasteiger partial charge in [0.15, 0.2) is 0 Å². The first-order chi connectivity index (χ1) is 10.0. The number of methoxy groups -OCH3 is 1. The van der Waals surface area contributed by atoms with Crippen LogP contribution >= 0.6 is 34.5 Å². The van der Waals surface area contributed by atoms with Crippen LogP contribution < -0.4 is 4.74 Å². The van der Waals surface area contributed by atoms with E-state index in [1.54, 1.807) is 18.4 Å². The van der Waals surface area contributed by atoms with E-state index in [1.807, 2.05) is 6.07 Å². The largest absolute Gasteiger partial charge is 0.495 e. The summed E-state index contributed by atoms with van der Waals surface area (Å²) in [5, 5.41) is 2.09. The molecule has 0 atom stereocenters. The molecule has 0 unspecified atom stereocenters. The molecule has 108 valence electrons. The molecular formula is C17H14Cl2OS. The van der Waals surface area contributed by atoms with E-state index in [2.05, 4.69) is 38.1 Å². The van der Waals surface area contributed by atoms with Gasteiger partial charge in [-0.3, -0.25) is 0 Å². The Morgan fingerprint density at radius 3 is 2.52 bits per heavy atom. The predicted octanol–water partition coefficient (Wildman–Crippen LogP) is 6.50. The average Bonchev–Trinajstić information content (AvgIpc) is 2.89. The summed E-state index contributed by atoms with van der Waals surface area (Å²) in [5.41, 5.74) is 3.81. The van der Waals surface area contributed by atoms with Crippen molar-refractivity contribution in [3.8, 4) is 16.2 Å². The van der Waals surface area contributed by atoms with Gasteiger partial charge in [-0.25, -0.2) is 0 Å². The van der Waals surface area contributed by atoms with Crippen LogP contribution in [-0.2, 0) is 0 Å². The molecule has 0 aliphatic heterocycles. The smallest absolute Gasteiger partial charge is 0.139 e. The molecule has 3 aromatic rings. The molecule has 0 amide bonds. The maximum atomic E-state index is 6.38. The lowest BCUT2D eigenvalue weighted by Crippen LogP contribution is -1.84. The number of aryl methyl sites for hydroxylation is 1. The lowest BCUT2D eigenvalue weighted by atomic mass is 10.0. The molecule has 1 nitrogen and oxygen atoms in total. The van der Waals surface area contributed by atoms with E-state index in [-0.39, 0.29) is 0 Å². The molecule has 0 N–H and O–H groups in total. The Kier molecular flexibility index (Phi) is 3.87.